The van der Waals surface area contributed by atoms with Gasteiger partial charge in [0.25, 0.3) is 10.0 Å². The van der Waals surface area contributed by atoms with Gasteiger partial charge in [0.05, 0.1) is 16.8 Å². The van der Waals surface area contributed by atoms with Gasteiger partial charge in [-0.3, -0.25) is 0 Å². The lowest BCUT2D eigenvalue weighted by atomic mass is 9.99. The molecule has 0 saturated heterocycles. The molecular formula is C14H16N2O2S. The topological polar surface area (TPSA) is 52.0 Å². The quantitative estimate of drug-likeness (QED) is 0.845. The van der Waals surface area contributed by atoms with E-state index >= 15 is 0 Å². The Balaban J connectivity index is 2.10. The first-order valence-electron chi connectivity index (χ1n) is 6.47. The van der Waals surface area contributed by atoms with Crippen LogP contribution in [-0.2, 0) is 22.9 Å². The zero-order valence-corrected chi connectivity index (χ0v) is 11.7. The molecule has 2 aromatic rings. The number of aromatic nitrogens is 2. The predicted octanol–water partition coefficient (Wildman–Crippen LogP) is 2.31. The Bertz CT molecular complexity index is 700. The number of hydrogen-bond acceptors (Lipinski definition) is 3. The Morgan fingerprint density at radius 3 is 2.53 bits per heavy atom. The van der Waals surface area contributed by atoms with Crippen LogP contribution in [0.4, 0.5) is 0 Å². The number of benzene rings is 1. The molecule has 1 aliphatic rings. The lowest BCUT2D eigenvalue weighted by molar-refractivity contribution is 0.571. The van der Waals surface area contributed by atoms with Gasteiger partial charge in [0.1, 0.15) is 0 Å². The molecule has 4 nitrogen and oxygen atoms in total. The van der Waals surface area contributed by atoms with Gasteiger partial charge in [-0.25, -0.2) is 0 Å². The largest absolute Gasteiger partial charge is 0.283 e. The fourth-order valence-electron chi connectivity index (χ4n) is 2.48. The maximum absolute atomic E-state index is 12.6. The van der Waals surface area contributed by atoms with E-state index in [9.17, 15) is 8.42 Å². The summed E-state index contributed by atoms with van der Waals surface area (Å²) in [4.78, 5) is 0.301. The average Bonchev–Trinajstić information content (AvgIpc) is 2.83. The standard InChI is InChI=1S/C14H16N2O2S/c1-11-6-8-13(9-7-11)19(17,18)16-14-5-3-2-4-12(14)10-15-16/h6-10H,2-5H2,1H3. The molecule has 0 aliphatic heterocycles. The van der Waals surface area contributed by atoms with Gasteiger partial charge >= 0.3 is 0 Å². The fraction of sp³-hybridized carbons (Fsp3) is 0.357. The van der Waals surface area contributed by atoms with E-state index in [1.54, 1.807) is 18.3 Å². The Labute approximate surface area is 113 Å². The number of hydrogen-bond donors (Lipinski definition) is 0. The minimum atomic E-state index is -3.55. The van der Waals surface area contributed by atoms with Crippen molar-refractivity contribution >= 4 is 10.0 Å². The normalized spacial score (nSPS) is 15.2. The van der Waals surface area contributed by atoms with Crippen LogP contribution in [0.5, 0.6) is 0 Å². The molecule has 0 radical (unpaired) electrons. The predicted molar refractivity (Wildman–Crippen MR) is 72.6 cm³/mol. The molecule has 3 rings (SSSR count). The van der Waals surface area contributed by atoms with Crippen molar-refractivity contribution in [3.63, 3.8) is 0 Å². The molecule has 1 heterocycles. The van der Waals surface area contributed by atoms with Crippen LogP contribution < -0.4 is 0 Å². The van der Waals surface area contributed by atoms with Crippen LogP contribution in [0.2, 0.25) is 0 Å². The van der Waals surface area contributed by atoms with E-state index in [0.29, 0.717) is 4.90 Å². The van der Waals surface area contributed by atoms with Crippen LogP contribution >= 0.6 is 0 Å². The molecule has 100 valence electrons. The third-order valence-electron chi connectivity index (χ3n) is 3.58. The van der Waals surface area contributed by atoms with Crippen molar-refractivity contribution in [2.75, 3.05) is 0 Å². The van der Waals surface area contributed by atoms with Crippen LogP contribution in [0, 0.1) is 6.92 Å². The molecule has 5 heteroatoms. The Hall–Kier alpha value is -1.62. The molecular weight excluding hydrogens is 260 g/mol. The van der Waals surface area contributed by atoms with Crippen molar-refractivity contribution in [2.24, 2.45) is 0 Å². The van der Waals surface area contributed by atoms with Crippen LogP contribution in [0.3, 0.4) is 0 Å². The second kappa shape index (κ2) is 4.49. The minimum Gasteiger partial charge on any atom is -0.199 e. The van der Waals surface area contributed by atoms with E-state index in [4.69, 9.17) is 0 Å². The lowest BCUT2D eigenvalue weighted by Gasteiger charge is -2.14. The smallest absolute Gasteiger partial charge is 0.199 e. The molecule has 1 aromatic carbocycles. The van der Waals surface area contributed by atoms with Gasteiger partial charge in [0.2, 0.25) is 0 Å². The van der Waals surface area contributed by atoms with E-state index in [1.165, 1.54) is 4.09 Å². The second-order valence-corrected chi connectivity index (χ2v) is 6.75. The summed E-state index contributed by atoms with van der Waals surface area (Å²) in [6, 6.07) is 6.90. The molecule has 0 bridgehead atoms. The van der Waals surface area contributed by atoms with Crippen molar-refractivity contribution in [3.8, 4) is 0 Å². The summed E-state index contributed by atoms with van der Waals surface area (Å²) in [5.74, 6) is 0. The van der Waals surface area contributed by atoms with Crippen molar-refractivity contribution in [1.29, 1.82) is 0 Å². The van der Waals surface area contributed by atoms with Gasteiger partial charge < -0.3 is 0 Å². The van der Waals surface area contributed by atoms with E-state index in [1.807, 2.05) is 19.1 Å². The van der Waals surface area contributed by atoms with Gasteiger partial charge in [-0.15, -0.1) is 0 Å². The van der Waals surface area contributed by atoms with Gasteiger partial charge in [0, 0.05) is 0 Å². The zero-order chi connectivity index (χ0) is 13.5. The Kier molecular flexibility index (Phi) is 2.93. The van der Waals surface area contributed by atoms with Gasteiger partial charge in [0.15, 0.2) is 0 Å². The summed E-state index contributed by atoms with van der Waals surface area (Å²) in [5.41, 5.74) is 2.97. The summed E-state index contributed by atoms with van der Waals surface area (Å²) >= 11 is 0. The first-order chi connectivity index (χ1) is 9.09. The SMILES string of the molecule is Cc1ccc(S(=O)(=O)n2ncc3c2CCCC3)cc1. The summed E-state index contributed by atoms with van der Waals surface area (Å²) in [6.45, 7) is 1.94. The fourth-order valence-corrected chi connectivity index (χ4v) is 3.83. The zero-order valence-electron chi connectivity index (χ0n) is 10.8. The monoisotopic (exact) mass is 276 g/mol. The molecule has 0 amide bonds. The summed E-state index contributed by atoms with van der Waals surface area (Å²) in [5, 5.41) is 4.10. The number of rotatable bonds is 2. The third kappa shape index (κ3) is 2.08. The number of fused-ring (bicyclic) bond motifs is 1. The van der Waals surface area contributed by atoms with Gasteiger partial charge in [-0.1, -0.05) is 17.7 Å². The highest BCUT2D eigenvalue weighted by atomic mass is 32.2. The summed E-state index contributed by atoms with van der Waals surface area (Å²) in [6.07, 6.45) is 5.56. The van der Waals surface area contributed by atoms with E-state index in [0.717, 1.165) is 42.5 Å². The number of aryl methyl sites for hydroxylation is 2. The van der Waals surface area contributed by atoms with Crippen LogP contribution in [-0.4, -0.2) is 17.6 Å². The van der Waals surface area contributed by atoms with Crippen LogP contribution in [0.1, 0.15) is 29.7 Å². The summed E-state index contributed by atoms with van der Waals surface area (Å²) < 4.78 is 26.4. The maximum atomic E-state index is 12.6. The van der Waals surface area contributed by atoms with E-state index in [2.05, 4.69) is 5.10 Å². The molecule has 0 N–H and O–H groups in total. The number of nitrogens with zero attached hydrogens (tertiary/aromatic N) is 2. The molecule has 0 saturated carbocycles. The lowest BCUT2D eigenvalue weighted by Crippen LogP contribution is -2.19. The van der Waals surface area contributed by atoms with E-state index in [-0.39, 0.29) is 0 Å². The highest BCUT2D eigenvalue weighted by Crippen LogP contribution is 2.24. The molecule has 0 unspecified atom stereocenters. The Morgan fingerprint density at radius 1 is 1.11 bits per heavy atom. The Morgan fingerprint density at radius 2 is 1.79 bits per heavy atom. The highest BCUT2D eigenvalue weighted by molar-refractivity contribution is 7.89. The molecule has 0 fully saturated rings. The van der Waals surface area contributed by atoms with Gasteiger partial charge in [-0.2, -0.15) is 17.6 Å². The van der Waals surface area contributed by atoms with Crippen molar-refractivity contribution in [2.45, 2.75) is 37.5 Å². The molecule has 0 atom stereocenters. The van der Waals surface area contributed by atoms with Gasteiger partial charge in [-0.05, 0) is 50.3 Å². The van der Waals surface area contributed by atoms with Crippen molar-refractivity contribution < 1.29 is 8.42 Å². The summed E-state index contributed by atoms with van der Waals surface area (Å²) in [7, 11) is -3.55. The van der Waals surface area contributed by atoms with E-state index < -0.39 is 10.0 Å². The molecule has 1 aromatic heterocycles. The second-order valence-electron chi connectivity index (χ2n) is 4.98. The minimum absolute atomic E-state index is 0.301. The van der Waals surface area contributed by atoms with Crippen molar-refractivity contribution in [1.82, 2.24) is 9.19 Å². The first-order valence-corrected chi connectivity index (χ1v) is 7.91. The van der Waals surface area contributed by atoms with Crippen LogP contribution in [0.15, 0.2) is 35.4 Å². The maximum Gasteiger partial charge on any atom is 0.283 e. The molecule has 19 heavy (non-hydrogen) atoms. The van der Waals surface area contributed by atoms with Crippen molar-refractivity contribution in [3.05, 3.63) is 47.3 Å². The first kappa shape index (κ1) is 12.4. The molecule has 1 aliphatic carbocycles. The third-order valence-corrected chi connectivity index (χ3v) is 5.21. The molecule has 0 spiro atoms. The average molecular weight is 276 g/mol. The van der Waals surface area contributed by atoms with Crippen LogP contribution in [0.25, 0.3) is 0 Å². The highest BCUT2D eigenvalue weighted by Gasteiger charge is 2.24.